The highest BCUT2D eigenvalue weighted by atomic mass is 16.3. The Morgan fingerprint density at radius 1 is 0.708 bits per heavy atom. The van der Waals surface area contributed by atoms with Gasteiger partial charge in [0, 0.05) is 0 Å². The Morgan fingerprint density at radius 3 is 2.00 bits per heavy atom. The Hall–Kier alpha value is -1.34. The van der Waals surface area contributed by atoms with E-state index in [2.05, 4.69) is 42.5 Å². The van der Waals surface area contributed by atoms with Gasteiger partial charge in [-0.2, -0.15) is 0 Å². The van der Waals surface area contributed by atoms with Crippen molar-refractivity contribution in [3.8, 4) is 0 Å². The smallest absolute Gasteiger partial charge is 0.0964 e. The summed E-state index contributed by atoms with van der Waals surface area (Å²) in [6.07, 6.45) is 10.5. The van der Waals surface area contributed by atoms with Gasteiger partial charge in [-0.25, -0.2) is 0 Å². The molecule has 4 unspecified atom stereocenters. The fraction of sp³-hybridized carbons (Fsp3) is 0.565. The number of aliphatic hydroxyl groups is 1. The topological polar surface area (TPSA) is 20.2 Å². The van der Waals surface area contributed by atoms with Crippen LogP contribution in [0.2, 0.25) is 0 Å². The lowest BCUT2D eigenvalue weighted by Gasteiger charge is -2.40. The van der Waals surface area contributed by atoms with Gasteiger partial charge in [-0.1, -0.05) is 68.1 Å². The van der Waals surface area contributed by atoms with Gasteiger partial charge in [0.25, 0.3) is 0 Å². The molecule has 0 bridgehead atoms. The van der Waals surface area contributed by atoms with E-state index in [1.54, 1.807) is 0 Å². The van der Waals surface area contributed by atoms with Crippen LogP contribution in [0.25, 0.3) is 10.8 Å². The Morgan fingerprint density at radius 2 is 1.29 bits per heavy atom. The first kappa shape index (κ1) is 15.0. The molecule has 2 aromatic rings. The first-order valence-electron chi connectivity index (χ1n) is 10.0. The van der Waals surface area contributed by atoms with Crippen LogP contribution in [0.4, 0.5) is 0 Å². The van der Waals surface area contributed by atoms with Crippen LogP contribution in [0, 0.1) is 23.7 Å². The molecule has 3 saturated carbocycles. The monoisotopic (exact) mass is 320 g/mol. The molecular formula is C23H28O. The molecule has 3 aliphatic rings. The fourth-order valence-electron chi connectivity index (χ4n) is 6.69. The highest BCUT2D eigenvalue weighted by Gasteiger charge is 2.60. The third-order valence-corrected chi connectivity index (χ3v) is 7.54. The number of hydrogen-bond acceptors (Lipinski definition) is 1. The lowest BCUT2D eigenvalue weighted by molar-refractivity contribution is -0.0638. The third kappa shape index (κ3) is 1.97. The number of benzene rings is 2. The van der Waals surface area contributed by atoms with Crippen molar-refractivity contribution in [1.82, 2.24) is 0 Å². The van der Waals surface area contributed by atoms with Crippen LogP contribution in [-0.4, -0.2) is 5.11 Å². The number of fused-ring (bicyclic) bond motifs is 4. The van der Waals surface area contributed by atoms with Crippen molar-refractivity contribution in [2.24, 2.45) is 23.7 Å². The van der Waals surface area contributed by atoms with Crippen LogP contribution in [-0.2, 0) is 5.60 Å². The fourth-order valence-corrected chi connectivity index (χ4v) is 6.69. The summed E-state index contributed by atoms with van der Waals surface area (Å²) in [5.41, 5.74) is 0.628. The van der Waals surface area contributed by atoms with E-state index in [4.69, 9.17) is 0 Å². The lowest BCUT2D eigenvalue weighted by atomic mass is 9.69. The zero-order valence-electron chi connectivity index (χ0n) is 14.5. The highest BCUT2D eigenvalue weighted by Crippen LogP contribution is 2.63. The molecule has 1 N–H and O–H groups in total. The third-order valence-electron chi connectivity index (χ3n) is 7.54. The summed E-state index contributed by atoms with van der Waals surface area (Å²) in [7, 11) is 0. The van der Waals surface area contributed by atoms with E-state index in [1.807, 2.05) is 0 Å². The zero-order valence-corrected chi connectivity index (χ0v) is 14.5. The van der Waals surface area contributed by atoms with Gasteiger partial charge in [-0.15, -0.1) is 0 Å². The van der Waals surface area contributed by atoms with Crippen molar-refractivity contribution in [3.63, 3.8) is 0 Å². The van der Waals surface area contributed by atoms with Gasteiger partial charge in [-0.05, 0) is 65.7 Å². The molecule has 0 spiro atoms. The minimum Gasteiger partial charge on any atom is -0.385 e. The predicted octanol–water partition coefficient (Wildman–Crippen LogP) is 5.65. The Labute approximate surface area is 145 Å². The summed E-state index contributed by atoms with van der Waals surface area (Å²) in [4.78, 5) is 0. The molecule has 0 radical (unpaired) electrons. The molecule has 24 heavy (non-hydrogen) atoms. The summed E-state index contributed by atoms with van der Waals surface area (Å²) in [5.74, 6) is 2.47. The maximum Gasteiger partial charge on any atom is 0.0964 e. The van der Waals surface area contributed by atoms with Crippen molar-refractivity contribution in [2.45, 2.75) is 57.0 Å². The first-order chi connectivity index (χ1) is 11.8. The largest absolute Gasteiger partial charge is 0.385 e. The molecule has 126 valence electrons. The normalized spacial score (nSPS) is 38.7. The van der Waals surface area contributed by atoms with Crippen LogP contribution in [0.5, 0.6) is 0 Å². The molecule has 0 aliphatic heterocycles. The van der Waals surface area contributed by atoms with Crippen molar-refractivity contribution >= 4 is 10.8 Å². The van der Waals surface area contributed by atoms with Gasteiger partial charge in [0.1, 0.15) is 0 Å². The molecule has 4 atom stereocenters. The van der Waals surface area contributed by atoms with Crippen LogP contribution in [0.1, 0.15) is 56.9 Å². The quantitative estimate of drug-likeness (QED) is 0.719. The molecule has 2 aromatic carbocycles. The van der Waals surface area contributed by atoms with E-state index in [-0.39, 0.29) is 0 Å². The van der Waals surface area contributed by atoms with Crippen molar-refractivity contribution in [3.05, 3.63) is 48.0 Å². The van der Waals surface area contributed by atoms with E-state index < -0.39 is 5.60 Å². The highest BCUT2D eigenvalue weighted by molar-refractivity contribution is 5.86. The predicted molar refractivity (Wildman–Crippen MR) is 98.7 cm³/mol. The second kappa shape index (κ2) is 5.59. The van der Waals surface area contributed by atoms with Gasteiger partial charge >= 0.3 is 0 Å². The minimum atomic E-state index is -0.600. The second-order valence-corrected chi connectivity index (χ2v) is 8.46. The van der Waals surface area contributed by atoms with Crippen molar-refractivity contribution in [1.29, 1.82) is 0 Å². The SMILES string of the molecule is OC1(c2cccc3ccccc23)C2CCCCC2C2CCCCC21. The number of rotatable bonds is 1. The minimum absolute atomic E-state index is 0.477. The molecule has 3 fully saturated rings. The van der Waals surface area contributed by atoms with E-state index >= 15 is 0 Å². The van der Waals surface area contributed by atoms with Crippen molar-refractivity contribution in [2.75, 3.05) is 0 Å². The average molecular weight is 320 g/mol. The van der Waals surface area contributed by atoms with Crippen LogP contribution in [0.15, 0.2) is 42.5 Å². The molecule has 0 amide bonds. The molecule has 0 saturated heterocycles. The maximum absolute atomic E-state index is 12.3. The van der Waals surface area contributed by atoms with Gasteiger partial charge in [0.2, 0.25) is 0 Å². The molecule has 5 rings (SSSR count). The first-order valence-corrected chi connectivity index (χ1v) is 10.0. The molecule has 0 aromatic heterocycles. The van der Waals surface area contributed by atoms with Crippen molar-refractivity contribution < 1.29 is 5.11 Å². The summed E-state index contributed by atoms with van der Waals surface area (Å²) in [5, 5.41) is 14.8. The molecular weight excluding hydrogens is 292 g/mol. The summed E-state index contributed by atoms with van der Waals surface area (Å²) >= 11 is 0. The molecule has 0 heterocycles. The lowest BCUT2D eigenvalue weighted by Crippen LogP contribution is -2.40. The second-order valence-electron chi connectivity index (χ2n) is 8.46. The van der Waals surface area contributed by atoms with E-state index in [0.29, 0.717) is 11.8 Å². The van der Waals surface area contributed by atoms with Gasteiger partial charge < -0.3 is 5.11 Å². The van der Waals surface area contributed by atoms with E-state index in [9.17, 15) is 5.11 Å². The van der Waals surface area contributed by atoms with Crippen LogP contribution in [0.3, 0.4) is 0 Å². The molecule has 1 nitrogen and oxygen atoms in total. The van der Waals surface area contributed by atoms with Gasteiger partial charge in [0.05, 0.1) is 5.60 Å². The standard InChI is InChI=1S/C23H28O/c24-23(20-15-7-9-16-8-1-2-10-17(16)20)21-13-5-3-11-18(21)19-12-4-6-14-22(19)23/h1-2,7-10,15,18-19,21-22,24H,3-6,11-14H2. The van der Waals surface area contributed by atoms with Gasteiger partial charge in [0.15, 0.2) is 0 Å². The Bertz CT molecular complexity index is 721. The molecule has 1 heteroatoms. The number of hydrogen-bond donors (Lipinski definition) is 1. The van der Waals surface area contributed by atoms with Gasteiger partial charge in [-0.3, -0.25) is 0 Å². The summed E-state index contributed by atoms with van der Waals surface area (Å²) in [6, 6.07) is 15.2. The average Bonchev–Trinajstić information content (AvgIpc) is 2.92. The summed E-state index contributed by atoms with van der Waals surface area (Å²) in [6.45, 7) is 0. The van der Waals surface area contributed by atoms with Crippen LogP contribution >= 0.6 is 0 Å². The molecule has 3 aliphatic carbocycles. The Balaban J connectivity index is 1.71. The van der Waals surface area contributed by atoms with Crippen LogP contribution < -0.4 is 0 Å². The van der Waals surface area contributed by atoms with E-state index in [1.165, 1.54) is 67.7 Å². The Kier molecular flexibility index (Phi) is 3.49. The zero-order chi connectivity index (χ0) is 16.1. The maximum atomic E-state index is 12.3. The van der Waals surface area contributed by atoms with E-state index in [0.717, 1.165) is 11.8 Å². The summed E-state index contributed by atoms with van der Waals surface area (Å²) < 4.78 is 0.